The van der Waals surface area contributed by atoms with E-state index in [9.17, 15) is 0 Å². The number of aromatic amines is 1. The van der Waals surface area contributed by atoms with Crippen molar-refractivity contribution in [3.63, 3.8) is 0 Å². The van der Waals surface area contributed by atoms with Crippen molar-refractivity contribution in [3.05, 3.63) is 30.0 Å². The van der Waals surface area contributed by atoms with Crippen LogP contribution in [0, 0.1) is 0 Å². The minimum Gasteiger partial charge on any atom is -0.496 e. The van der Waals surface area contributed by atoms with Gasteiger partial charge in [-0.3, -0.25) is 0 Å². The van der Waals surface area contributed by atoms with E-state index in [4.69, 9.17) is 10.5 Å². The van der Waals surface area contributed by atoms with Crippen LogP contribution >= 0.6 is 0 Å². The first-order chi connectivity index (χ1) is 7.72. The number of benzene rings is 1. The van der Waals surface area contributed by atoms with Crippen molar-refractivity contribution in [3.8, 4) is 5.75 Å². The Morgan fingerprint density at radius 3 is 2.94 bits per heavy atom. The Kier molecular flexibility index (Phi) is 3.15. The number of methoxy groups -OCH3 is 1. The molecule has 0 amide bonds. The van der Waals surface area contributed by atoms with Gasteiger partial charge in [0.05, 0.1) is 7.11 Å². The fourth-order valence-electron chi connectivity index (χ4n) is 1.97. The van der Waals surface area contributed by atoms with E-state index in [0.29, 0.717) is 0 Å². The number of aryl methyl sites for hydroxylation is 1. The fraction of sp³-hybridized carbons (Fsp3) is 0.385. The highest BCUT2D eigenvalue weighted by Crippen LogP contribution is 2.29. The van der Waals surface area contributed by atoms with Crippen molar-refractivity contribution in [1.29, 1.82) is 0 Å². The average molecular weight is 218 g/mol. The van der Waals surface area contributed by atoms with Gasteiger partial charge < -0.3 is 15.5 Å². The van der Waals surface area contributed by atoms with Gasteiger partial charge in [-0.15, -0.1) is 0 Å². The summed E-state index contributed by atoms with van der Waals surface area (Å²) < 4.78 is 5.38. The number of nitrogens with one attached hydrogen (secondary N) is 1. The predicted octanol–water partition coefficient (Wildman–Crippen LogP) is 2.46. The summed E-state index contributed by atoms with van der Waals surface area (Å²) in [5.41, 5.74) is 8.19. The Labute approximate surface area is 95.6 Å². The number of aromatic nitrogens is 1. The zero-order chi connectivity index (χ0) is 11.5. The van der Waals surface area contributed by atoms with Crippen molar-refractivity contribution in [2.45, 2.75) is 25.8 Å². The van der Waals surface area contributed by atoms with Crippen molar-refractivity contribution < 1.29 is 4.74 Å². The van der Waals surface area contributed by atoms with Gasteiger partial charge in [-0.25, -0.2) is 0 Å². The largest absolute Gasteiger partial charge is 0.496 e. The number of H-pyrrole nitrogens is 1. The molecule has 1 aromatic carbocycles. The van der Waals surface area contributed by atoms with Crippen molar-refractivity contribution in [2.75, 3.05) is 7.11 Å². The lowest BCUT2D eigenvalue weighted by Gasteiger charge is -2.06. The maximum atomic E-state index is 5.78. The Balaban J connectivity index is 2.38. The number of hydrogen-bond donors (Lipinski definition) is 2. The van der Waals surface area contributed by atoms with Gasteiger partial charge in [0, 0.05) is 23.1 Å². The summed E-state index contributed by atoms with van der Waals surface area (Å²) in [6.07, 6.45) is 4.03. The Bertz CT molecular complexity index is 474. The van der Waals surface area contributed by atoms with E-state index in [2.05, 4.69) is 17.2 Å². The first-order valence-electron chi connectivity index (χ1n) is 5.61. The third-order valence-corrected chi connectivity index (χ3v) is 2.84. The second-order valence-corrected chi connectivity index (χ2v) is 4.21. The standard InChI is InChI=1S/C13H18N2O/c1-9(14)6-7-10-8-15-11-4-3-5-12(16-2)13(10)11/h3-5,8-9,15H,6-7,14H2,1-2H3. The highest BCUT2D eigenvalue weighted by molar-refractivity contribution is 5.89. The van der Waals surface area contributed by atoms with Crippen molar-refractivity contribution in [1.82, 2.24) is 4.98 Å². The quantitative estimate of drug-likeness (QED) is 0.828. The number of ether oxygens (including phenoxy) is 1. The lowest BCUT2D eigenvalue weighted by molar-refractivity contribution is 0.419. The summed E-state index contributed by atoms with van der Waals surface area (Å²) in [6.45, 7) is 2.03. The molecule has 1 unspecified atom stereocenters. The van der Waals surface area contributed by atoms with Crippen LogP contribution in [0.5, 0.6) is 5.75 Å². The Hall–Kier alpha value is -1.48. The molecule has 1 atom stereocenters. The van der Waals surface area contributed by atoms with Crippen LogP contribution in [0.1, 0.15) is 18.9 Å². The van der Waals surface area contributed by atoms with Crippen molar-refractivity contribution >= 4 is 10.9 Å². The summed E-state index contributed by atoms with van der Waals surface area (Å²) in [6, 6.07) is 6.28. The van der Waals surface area contributed by atoms with E-state index < -0.39 is 0 Å². The molecule has 0 aliphatic carbocycles. The molecule has 0 saturated carbocycles. The van der Waals surface area contributed by atoms with Crippen LogP contribution in [-0.4, -0.2) is 18.1 Å². The molecule has 86 valence electrons. The van der Waals surface area contributed by atoms with Crippen LogP contribution in [0.2, 0.25) is 0 Å². The first-order valence-corrected chi connectivity index (χ1v) is 5.61. The average Bonchev–Trinajstić information content (AvgIpc) is 2.69. The predicted molar refractivity (Wildman–Crippen MR) is 66.8 cm³/mol. The summed E-state index contributed by atoms with van der Waals surface area (Å²) >= 11 is 0. The minimum atomic E-state index is 0.236. The van der Waals surface area contributed by atoms with Crippen LogP contribution in [0.3, 0.4) is 0 Å². The molecule has 2 aromatic rings. The number of nitrogens with two attached hydrogens (primary N) is 1. The van der Waals surface area contributed by atoms with Crippen LogP contribution < -0.4 is 10.5 Å². The van der Waals surface area contributed by atoms with E-state index in [1.54, 1.807) is 7.11 Å². The summed E-state index contributed by atoms with van der Waals surface area (Å²) in [7, 11) is 1.71. The van der Waals surface area contributed by atoms with Gasteiger partial charge in [-0.1, -0.05) is 6.07 Å². The molecule has 3 heteroatoms. The van der Waals surface area contributed by atoms with Gasteiger partial charge in [0.1, 0.15) is 5.75 Å². The Morgan fingerprint density at radius 2 is 2.25 bits per heavy atom. The normalized spacial score (nSPS) is 12.9. The topological polar surface area (TPSA) is 51.0 Å². The maximum Gasteiger partial charge on any atom is 0.128 e. The molecule has 0 fully saturated rings. The molecule has 1 aromatic heterocycles. The fourth-order valence-corrected chi connectivity index (χ4v) is 1.97. The highest BCUT2D eigenvalue weighted by Gasteiger charge is 2.09. The molecule has 0 saturated heterocycles. The SMILES string of the molecule is COc1cccc2[nH]cc(CCC(C)N)c12. The van der Waals surface area contributed by atoms with Gasteiger partial charge in [-0.05, 0) is 37.5 Å². The Morgan fingerprint density at radius 1 is 1.44 bits per heavy atom. The molecule has 0 aliphatic rings. The lowest BCUT2D eigenvalue weighted by atomic mass is 10.1. The summed E-state index contributed by atoms with van der Waals surface area (Å²) in [5.74, 6) is 0.929. The van der Waals surface area contributed by atoms with Gasteiger partial charge in [-0.2, -0.15) is 0 Å². The molecule has 1 heterocycles. The lowest BCUT2D eigenvalue weighted by Crippen LogP contribution is -2.15. The third kappa shape index (κ3) is 2.04. The molecule has 3 nitrogen and oxygen atoms in total. The van der Waals surface area contributed by atoms with Gasteiger partial charge >= 0.3 is 0 Å². The number of rotatable bonds is 4. The van der Waals surface area contributed by atoms with Gasteiger partial charge in [0.25, 0.3) is 0 Å². The van der Waals surface area contributed by atoms with Gasteiger partial charge in [0.15, 0.2) is 0 Å². The van der Waals surface area contributed by atoms with Crippen LogP contribution in [0.15, 0.2) is 24.4 Å². The van der Waals surface area contributed by atoms with E-state index in [-0.39, 0.29) is 6.04 Å². The summed E-state index contributed by atoms with van der Waals surface area (Å²) in [5, 5.41) is 1.19. The van der Waals surface area contributed by atoms with Gasteiger partial charge in [0.2, 0.25) is 0 Å². The van der Waals surface area contributed by atoms with Crippen LogP contribution in [0.25, 0.3) is 10.9 Å². The smallest absolute Gasteiger partial charge is 0.128 e. The molecule has 0 aliphatic heterocycles. The van der Waals surface area contributed by atoms with E-state index >= 15 is 0 Å². The highest BCUT2D eigenvalue weighted by atomic mass is 16.5. The van der Waals surface area contributed by atoms with Crippen molar-refractivity contribution in [2.24, 2.45) is 5.73 Å². The molecule has 0 spiro atoms. The summed E-state index contributed by atoms with van der Waals surface area (Å²) in [4.78, 5) is 3.27. The van der Waals surface area contributed by atoms with E-state index in [0.717, 1.165) is 24.1 Å². The number of hydrogen-bond acceptors (Lipinski definition) is 2. The second-order valence-electron chi connectivity index (χ2n) is 4.21. The zero-order valence-corrected chi connectivity index (χ0v) is 9.79. The number of fused-ring (bicyclic) bond motifs is 1. The third-order valence-electron chi connectivity index (χ3n) is 2.84. The molecule has 2 rings (SSSR count). The maximum absolute atomic E-state index is 5.78. The molecule has 16 heavy (non-hydrogen) atoms. The molecule has 0 bridgehead atoms. The second kappa shape index (κ2) is 4.58. The van der Waals surface area contributed by atoms with E-state index in [1.807, 2.05) is 19.1 Å². The van der Waals surface area contributed by atoms with Crippen LogP contribution in [0.4, 0.5) is 0 Å². The van der Waals surface area contributed by atoms with E-state index in [1.165, 1.54) is 10.9 Å². The monoisotopic (exact) mass is 218 g/mol. The molecule has 0 radical (unpaired) electrons. The first kappa shape index (κ1) is 11.0. The van der Waals surface area contributed by atoms with Crippen LogP contribution in [-0.2, 0) is 6.42 Å². The molecule has 3 N–H and O–H groups in total. The molecular weight excluding hydrogens is 200 g/mol. The zero-order valence-electron chi connectivity index (χ0n) is 9.79. The molecular formula is C13H18N2O. The minimum absolute atomic E-state index is 0.236.